The highest BCUT2D eigenvalue weighted by Crippen LogP contribution is 2.71. The quantitative estimate of drug-likeness (QED) is 0.377. The molecule has 7 fully saturated rings. The summed E-state index contributed by atoms with van der Waals surface area (Å²) in [7, 11) is 0. The molecule has 3 saturated heterocycles. The van der Waals surface area contributed by atoms with Gasteiger partial charge in [-0.1, -0.05) is 0 Å². The van der Waals surface area contributed by atoms with Crippen molar-refractivity contribution in [2.45, 2.75) is 115 Å². The molecule has 0 aromatic heterocycles. The summed E-state index contributed by atoms with van der Waals surface area (Å²) in [6, 6.07) is 0. The van der Waals surface area contributed by atoms with Crippen LogP contribution in [0, 0.1) is 22.2 Å². The Hall–Kier alpha value is -1.71. The first-order valence-corrected chi connectivity index (χ1v) is 14.4. The second-order valence-corrected chi connectivity index (χ2v) is 12.5. The van der Waals surface area contributed by atoms with Crippen LogP contribution in [0.2, 0.25) is 0 Å². The van der Waals surface area contributed by atoms with E-state index in [1.54, 1.807) is 0 Å². The van der Waals surface area contributed by atoms with Gasteiger partial charge in [0.15, 0.2) is 0 Å². The lowest BCUT2D eigenvalue weighted by Crippen LogP contribution is -2.64. The molecule has 3 heterocycles. The fourth-order valence-electron chi connectivity index (χ4n) is 8.27. The monoisotopic (exact) mass is 520 g/mol. The van der Waals surface area contributed by atoms with Crippen LogP contribution in [0.3, 0.4) is 0 Å². The van der Waals surface area contributed by atoms with Crippen molar-refractivity contribution >= 4 is 17.9 Å². The molecule has 3 atom stereocenters. The van der Waals surface area contributed by atoms with Crippen LogP contribution < -0.4 is 0 Å². The van der Waals surface area contributed by atoms with Gasteiger partial charge in [-0.2, -0.15) is 0 Å². The van der Waals surface area contributed by atoms with E-state index in [0.717, 1.165) is 38.5 Å². The van der Waals surface area contributed by atoms with Crippen molar-refractivity contribution in [3.05, 3.63) is 0 Å². The maximum Gasteiger partial charge on any atom is 0.314 e. The Morgan fingerprint density at radius 1 is 0.514 bits per heavy atom. The number of carbonyl (C=O) groups is 3. The number of rotatable bonds is 6. The van der Waals surface area contributed by atoms with E-state index in [2.05, 4.69) is 0 Å². The van der Waals surface area contributed by atoms with Crippen molar-refractivity contribution in [1.29, 1.82) is 0 Å². The van der Waals surface area contributed by atoms with Crippen LogP contribution in [0.25, 0.3) is 0 Å². The number of carbonyl (C=O) groups excluding carboxylic acids is 3. The molecular weight excluding hydrogens is 480 g/mol. The molecule has 206 valence electrons. The Balaban J connectivity index is 1.27. The zero-order valence-electron chi connectivity index (χ0n) is 21.7. The first-order valence-electron chi connectivity index (χ1n) is 14.4. The van der Waals surface area contributed by atoms with Crippen molar-refractivity contribution < 1.29 is 42.8 Å². The van der Waals surface area contributed by atoms with Gasteiger partial charge in [0.2, 0.25) is 18.9 Å². The van der Waals surface area contributed by atoms with Crippen molar-refractivity contribution in [1.82, 2.24) is 0 Å². The summed E-state index contributed by atoms with van der Waals surface area (Å²) in [6.45, 7) is 1.72. The Morgan fingerprint density at radius 3 is 1.11 bits per heavy atom. The van der Waals surface area contributed by atoms with Gasteiger partial charge in [-0.25, -0.2) is 0 Å². The molecule has 4 bridgehead atoms. The van der Waals surface area contributed by atoms with Crippen molar-refractivity contribution in [2.24, 2.45) is 22.2 Å². The highest BCUT2D eigenvalue weighted by Gasteiger charge is 2.71. The first-order chi connectivity index (χ1) is 17.9. The van der Waals surface area contributed by atoms with E-state index >= 15 is 0 Å². The van der Waals surface area contributed by atoms with E-state index in [9.17, 15) is 14.4 Å². The summed E-state index contributed by atoms with van der Waals surface area (Å²) in [5.41, 5.74) is -2.79. The van der Waals surface area contributed by atoms with Gasteiger partial charge in [0.1, 0.15) is 0 Å². The molecule has 9 nitrogen and oxygen atoms in total. The van der Waals surface area contributed by atoms with E-state index in [1.165, 1.54) is 0 Å². The second-order valence-electron chi connectivity index (χ2n) is 12.5. The lowest BCUT2D eigenvalue weighted by molar-refractivity contribution is -0.244. The normalized spacial score (nSPS) is 43.1. The van der Waals surface area contributed by atoms with Gasteiger partial charge in [-0.3, -0.25) is 14.4 Å². The van der Waals surface area contributed by atoms with Gasteiger partial charge in [-0.15, -0.1) is 0 Å². The molecule has 0 aromatic rings. The minimum atomic E-state index is -0.931. The summed E-state index contributed by atoms with van der Waals surface area (Å²) < 4.78 is 34.8. The topological polar surface area (TPSA) is 107 Å². The third kappa shape index (κ3) is 4.91. The zero-order valence-corrected chi connectivity index (χ0v) is 21.7. The van der Waals surface area contributed by atoms with E-state index in [1.807, 2.05) is 0 Å². The SMILES string of the molecule is O=C(OC1CCCCO1)C12CC3CC(C(=O)OC4CCCCO4)(C1)CC(C(=O)OC1CCCCO1)(C3)C2. The Labute approximate surface area is 218 Å². The average molecular weight is 521 g/mol. The Bertz CT molecular complexity index is 762. The molecule has 0 N–H and O–H groups in total. The standard InChI is InChI=1S/C28H40O9/c29-23(35-20-7-1-4-10-32-20)26-13-19-14-27(16-26,24(30)36-21-8-2-5-11-33-21)18-28(15-19,17-26)25(31)37-22-9-3-6-12-34-22/h19-22H,1-18H2. The molecule has 37 heavy (non-hydrogen) atoms. The summed E-state index contributed by atoms with van der Waals surface area (Å²) >= 11 is 0. The van der Waals surface area contributed by atoms with Gasteiger partial charge in [0, 0.05) is 19.3 Å². The van der Waals surface area contributed by atoms with E-state index in [4.69, 9.17) is 28.4 Å². The molecule has 4 saturated carbocycles. The zero-order chi connectivity index (χ0) is 25.5. The van der Waals surface area contributed by atoms with Crippen LogP contribution in [0.15, 0.2) is 0 Å². The summed E-state index contributed by atoms with van der Waals surface area (Å²) in [5, 5.41) is 0. The summed E-state index contributed by atoms with van der Waals surface area (Å²) in [4.78, 5) is 41.5. The van der Waals surface area contributed by atoms with Gasteiger partial charge >= 0.3 is 17.9 Å². The second kappa shape index (κ2) is 10.1. The average Bonchev–Trinajstić information content (AvgIpc) is 2.90. The highest BCUT2D eigenvalue weighted by molar-refractivity contribution is 5.88. The molecule has 0 radical (unpaired) electrons. The third-order valence-corrected chi connectivity index (χ3v) is 9.50. The molecule has 7 rings (SSSR count). The van der Waals surface area contributed by atoms with Gasteiger partial charge in [0.25, 0.3) is 0 Å². The third-order valence-electron chi connectivity index (χ3n) is 9.50. The van der Waals surface area contributed by atoms with Gasteiger partial charge in [0.05, 0.1) is 36.1 Å². The largest absolute Gasteiger partial charge is 0.435 e. The minimum Gasteiger partial charge on any atom is -0.435 e. The predicted molar refractivity (Wildman–Crippen MR) is 128 cm³/mol. The van der Waals surface area contributed by atoms with Crippen LogP contribution in [0.5, 0.6) is 0 Å². The Morgan fingerprint density at radius 2 is 0.838 bits per heavy atom. The summed E-state index contributed by atoms with van der Waals surface area (Å²) in [5.74, 6) is -1.00. The van der Waals surface area contributed by atoms with Crippen LogP contribution in [0.1, 0.15) is 96.3 Å². The van der Waals surface area contributed by atoms with Crippen LogP contribution >= 0.6 is 0 Å². The molecule has 7 aliphatic rings. The van der Waals surface area contributed by atoms with Crippen LogP contribution in [-0.4, -0.2) is 56.6 Å². The molecule has 3 unspecified atom stereocenters. The molecule has 0 spiro atoms. The number of esters is 3. The van der Waals surface area contributed by atoms with Crippen molar-refractivity contribution in [3.63, 3.8) is 0 Å². The smallest absolute Gasteiger partial charge is 0.314 e. The van der Waals surface area contributed by atoms with E-state index < -0.39 is 35.1 Å². The molecule has 9 heteroatoms. The molecule has 0 amide bonds. The maximum atomic E-state index is 13.8. The van der Waals surface area contributed by atoms with E-state index in [0.29, 0.717) is 77.6 Å². The predicted octanol–water partition coefficient (Wildman–Crippen LogP) is 4.15. The number of ether oxygens (including phenoxy) is 6. The van der Waals surface area contributed by atoms with Gasteiger partial charge in [-0.05, 0) is 83.0 Å². The molecule has 4 aliphatic carbocycles. The maximum absolute atomic E-state index is 13.8. The fraction of sp³-hybridized carbons (Fsp3) is 0.893. The van der Waals surface area contributed by atoms with Crippen LogP contribution in [0.4, 0.5) is 0 Å². The highest BCUT2D eigenvalue weighted by atomic mass is 16.7. The number of hydrogen-bond acceptors (Lipinski definition) is 9. The van der Waals surface area contributed by atoms with Crippen LogP contribution in [-0.2, 0) is 42.8 Å². The van der Waals surface area contributed by atoms with Crippen molar-refractivity contribution in [2.75, 3.05) is 19.8 Å². The first kappa shape index (κ1) is 25.6. The lowest BCUT2D eigenvalue weighted by Gasteiger charge is -2.63. The molecule has 3 aliphatic heterocycles. The molecule has 0 aromatic carbocycles. The Kier molecular flexibility index (Phi) is 6.99. The van der Waals surface area contributed by atoms with Crippen molar-refractivity contribution in [3.8, 4) is 0 Å². The van der Waals surface area contributed by atoms with Gasteiger partial charge < -0.3 is 28.4 Å². The minimum absolute atomic E-state index is 0.0377. The number of hydrogen-bond donors (Lipinski definition) is 0. The fourth-order valence-corrected chi connectivity index (χ4v) is 8.27. The lowest BCUT2D eigenvalue weighted by atomic mass is 9.39. The molecular formula is C28H40O9. The summed E-state index contributed by atoms with van der Waals surface area (Å²) in [6.07, 6.45) is 8.88. The van der Waals surface area contributed by atoms with E-state index in [-0.39, 0.29) is 23.8 Å².